The van der Waals surface area contributed by atoms with Gasteiger partial charge in [0.05, 0.1) is 21.7 Å². The third kappa shape index (κ3) is 4.05. The third-order valence-electron chi connectivity index (χ3n) is 4.41. The highest BCUT2D eigenvalue weighted by Crippen LogP contribution is 2.28. The maximum absolute atomic E-state index is 15.0. The summed E-state index contributed by atoms with van der Waals surface area (Å²) >= 11 is 0. The van der Waals surface area contributed by atoms with Crippen molar-refractivity contribution in [1.82, 2.24) is 9.97 Å². The van der Waals surface area contributed by atoms with Crippen LogP contribution in [0.25, 0.3) is 10.9 Å². The zero-order valence-electron chi connectivity index (χ0n) is 15.7. The Hall–Kier alpha value is -3.92. The molecule has 0 fully saturated rings. The molecule has 1 amide bonds. The Labute approximate surface area is 175 Å². The molecule has 0 atom stereocenters. The number of carbonyl (C=O) groups excluding carboxylic acids is 1. The molecular formula is C21H14F2N4O3S. The minimum Gasteiger partial charge on any atom is -0.317 e. The normalized spacial score (nSPS) is 11.3. The number of amides is 1. The van der Waals surface area contributed by atoms with Crippen molar-refractivity contribution in [3.8, 4) is 0 Å². The minimum absolute atomic E-state index is 0.0777. The number of benzene rings is 3. The monoisotopic (exact) mass is 440 g/mol. The summed E-state index contributed by atoms with van der Waals surface area (Å²) in [5.41, 5.74) is -0.921. The summed E-state index contributed by atoms with van der Waals surface area (Å²) in [5, 5.41) is 2.74. The highest BCUT2D eigenvalue weighted by atomic mass is 32.2. The van der Waals surface area contributed by atoms with Crippen LogP contribution in [0, 0.1) is 11.6 Å². The van der Waals surface area contributed by atoms with Gasteiger partial charge in [-0.05, 0) is 30.3 Å². The summed E-state index contributed by atoms with van der Waals surface area (Å²) in [6.07, 6.45) is 2.75. The Morgan fingerprint density at radius 3 is 2.48 bits per heavy atom. The molecule has 0 bridgehead atoms. The SMILES string of the molecule is O=C(Nc1c(F)ccc(NS(=O)(=O)c2ccccc2)c1F)c1cccc2cncnc12. The second-order valence-corrected chi connectivity index (χ2v) is 8.11. The van der Waals surface area contributed by atoms with Crippen LogP contribution < -0.4 is 10.0 Å². The first-order valence-electron chi connectivity index (χ1n) is 8.93. The molecule has 0 saturated carbocycles. The third-order valence-corrected chi connectivity index (χ3v) is 5.79. The van der Waals surface area contributed by atoms with Gasteiger partial charge < -0.3 is 5.32 Å². The predicted molar refractivity (Wildman–Crippen MR) is 111 cm³/mol. The largest absolute Gasteiger partial charge is 0.317 e. The van der Waals surface area contributed by atoms with Crippen LogP contribution in [0.5, 0.6) is 0 Å². The first-order chi connectivity index (χ1) is 14.9. The van der Waals surface area contributed by atoms with E-state index >= 15 is 0 Å². The van der Waals surface area contributed by atoms with Gasteiger partial charge in [0, 0.05) is 11.6 Å². The number of hydrogen-bond donors (Lipinski definition) is 2. The number of rotatable bonds is 5. The van der Waals surface area contributed by atoms with Gasteiger partial charge >= 0.3 is 0 Å². The maximum atomic E-state index is 15.0. The zero-order chi connectivity index (χ0) is 22.0. The van der Waals surface area contributed by atoms with Crippen LogP contribution in [0.1, 0.15) is 10.4 Å². The zero-order valence-corrected chi connectivity index (χ0v) is 16.5. The molecular weight excluding hydrogens is 426 g/mol. The quantitative estimate of drug-likeness (QED) is 0.489. The number of hydrogen-bond acceptors (Lipinski definition) is 5. The van der Waals surface area contributed by atoms with Crippen LogP contribution in [-0.2, 0) is 10.0 Å². The molecule has 7 nitrogen and oxygen atoms in total. The molecule has 0 aliphatic carbocycles. The molecule has 1 aromatic heterocycles. The Balaban J connectivity index is 1.67. The summed E-state index contributed by atoms with van der Waals surface area (Å²) in [5.74, 6) is -3.14. The fraction of sp³-hybridized carbons (Fsp3) is 0. The first-order valence-corrected chi connectivity index (χ1v) is 10.4. The number of fused-ring (bicyclic) bond motifs is 1. The van der Waals surface area contributed by atoms with Crippen LogP contribution >= 0.6 is 0 Å². The molecule has 0 spiro atoms. The molecule has 0 aliphatic rings. The van der Waals surface area contributed by atoms with Gasteiger partial charge in [0.2, 0.25) is 0 Å². The van der Waals surface area contributed by atoms with E-state index in [1.54, 1.807) is 18.2 Å². The summed E-state index contributed by atoms with van der Waals surface area (Å²) < 4.78 is 56.3. The van der Waals surface area contributed by atoms with E-state index < -0.39 is 38.9 Å². The molecule has 31 heavy (non-hydrogen) atoms. The van der Waals surface area contributed by atoms with E-state index in [-0.39, 0.29) is 10.5 Å². The van der Waals surface area contributed by atoms with Gasteiger partial charge in [-0.1, -0.05) is 30.3 Å². The topological polar surface area (TPSA) is 101 Å². The van der Waals surface area contributed by atoms with Crippen molar-refractivity contribution in [2.45, 2.75) is 4.90 Å². The molecule has 1 heterocycles. The number of nitrogens with one attached hydrogen (secondary N) is 2. The molecule has 4 aromatic rings. The van der Waals surface area contributed by atoms with Gasteiger partial charge in [-0.25, -0.2) is 27.2 Å². The average molecular weight is 440 g/mol. The Morgan fingerprint density at radius 1 is 0.935 bits per heavy atom. The number of para-hydroxylation sites is 1. The number of carbonyl (C=O) groups is 1. The summed E-state index contributed by atoms with van der Waals surface area (Å²) in [7, 11) is -4.12. The van der Waals surface area contributed by atoms with Crippen LogP contribution in [0.2, 0.25) is 0 Å². The Kier molecular flexibility index (Phi) is 5.30. The molecule has 0 radical (unpaired) electrons. The van der Waals surface area contributed by atoms with E-state index in [0.29, 0.717) is 10.9 Å². The smallest absolute Gasteiger partial charge is 0.261 e. The van der Waals surface area contributed by atoms with E-state index in [1.807, 2.05) is 0 Å². The average Bonchev–Trinajstić information content (AvgIpc) is 2.78. The van der Waals surface area contributed by atoms with E-state index in [4.69, 9.17) is 0 Å². The Morgan fingerprint density at radius 2 is 1.71 bits per heavy atom. The summed E-state index contributed by atoms with van der Waals surface area (Å²) in [6.45, 7) is 0. The van der Waals surface area contributed by atoms with Crippen LogP contribution in [0.15, 0.2) is 78.1 Å². The lowest BCUT2D eigenvalue weighted by atomic mass is 10.1. The van der Waals surface area contributed by atoms with Crippen LogP contribution in [0.3, 0.4) is 0 Å². The van der Waals surface area contributed by atoms with Gasteiger partial charge in [-0.15, -0.1) is 0 Å². The molecule has 2 N–H and O–H groups in total. The van der Waals surface area contributed by atoms with Gasteiger partial charge in [-0.2, -0.15) is 0 Å². The highest BCUT2D eigenvalue weighted by molar-refractivity contribution is 7.92. The van der Waals surface area contributed by atoms with Gasteiger partial charge in [0.1, 0.15) is 17.8 Å². The van der Waals surface area contributed by atoms with Crippen molar-refractivity contribution >= 4 is 38.2 Å². The van der Waals surface area contributed by atoms with E-state index in [2.05, 4.69) is 20.0 Å². The van der Waals surface area contributed by atoms with Gasteiger partial charge in [0.15, 0.2) is 5.82 Å². The first kappa shape index (κ1) is 20.4. The number of aromatic nitrogens is 2. The van der Waals surface area contributed by atoms with Crippen LogP contribution in [-0.4, -0.2) is 24.3 Å². The molecule has 3 aromatic carbocycles. The number of halogens is 2. The summed E-state index contributed by atoms with van der Waals surface area (Å²) in [6, 6.07) is 13.8. The second kappa shape index (κ2) is 8.07. The van der Waals surface area contributed by atoms with Crippen molar-refractivity contribution in [2.24, 2.45) is 0 Å². The lowest BCUT2D eigenvalue weighted by Gasteiger charge is -2.13. The van der Waals surface area contributed by atoms with Gasteiger partial charge in [0.25, 0.3) is 15.9 Å². The molecule has 0 aliphatic heterocycles. The fourth-order valence-corrected chi connectivity index (χ4v) is 4.01. The van der Waals surface area contributed by atoms with Crippen molar-refractivity contribution in [3.63, 3.8) is 0 Å². The predicted octanol–water partition coefficient (Wildman–Crippen LogP) is 3.96. The maximum Gasteiger partial charge on any atom is 0.261 e. The molecule has 4 rings (SSSR count). The number of anilines is 2. The molecule has 156 valence electrons. The number of nitrogens with zero attached hydrogens (tertiary/aromatic N) is 2. The number of sulfonamides is 1. The molecule has 10 heteroatoms. The molecule has 0 saturated heterocycles. The van der Waals surface area contributed by atoms with Gasteiger partial charge in [-0.3, -0.25) is 9.52 Å². The van der Waals surface area contributed by atoms with Crippen molar-refractivity contribution < 1.29 is 22.0 Å². The van der Waals surface area contributed by atoms with E-state index in [9.17, 15) is 22.0 Å². The van der Waals surface area contributed by atoms with E-state index in [1.165, 1.54) is 42.9 Å². The highest BCUT2D eigenvalue weighted by Gasteiger charge is 2.22. The lowest BCUT2D eigenvalue weighted by Crippen LogP contribution is -2.18. The summed E-state index contributed by atoms with van der Waals surface area (Å²) in [4.78, 5) is 20.5. The fourth-order valence-electron chi connectivity index (χ4n) is 2.93. The second-order valence-electron chi connectivity index (χ2n) is 6.42. The van der Waals surface area contributed by atoms with Crippen molar-refractivity contribution in [1.29, 1.82) is 0 Å². The lowest BCUT2D eigenvalue weighted by molar-refractivity contribution is 0.102. The van der Waals surface area contributed by atoms with E-state index in [0.717, 1.165) is 12.1 Å². The van der Waals surface area contributed by atoms with Crippen molar-refractivity contribution in [2.75, 3.05) is 10.0 Å². The van der Waals surface area contributed by atoms with Crippen LogP contribution in [0.4, 0.5) is 20.2 Å². The minimum atomic E-state index is -4.12. The standard InChI is InChI=1S/C21H14F2N4O3S/c22-16-9-10-17(27-31(29,30)14-6-2-1-3-7-14)18(23)20(16)26-21(28)15-8-4-5-13-11-24-12-25-19(13)15/h1-12,27H,(H,26,28). The van der Waals surface area contributed by atoms with Crippen molar-refractivity contribution in [3.05, 3.63) is 90.4 Å². The Bertz CT molecular complexity index is 1390. The molecule has 0 unspecified atom stereocenters.